The van der Waals surface area contributed by atoms with E-state index in [9.17, 15) is 24.0 Å². The summed E-state index contributed by atoms with van der Waals surface area (Å²) in [6, 6.07) is 17.2. The third kappa shape index (κ3) is 9.12. The predicted octanol–water partition coefficient (Wildman–Crippen LogP) is 3.19. The number of methoxy groups -OCH3 is 1. The van der Waals surface area contributed by atoms with E-state index in [1.165, 1.54) is 25.9 Å². The molecule has 44 heavy (non-hydrogen) atoms. The Bertz CT molecular complexity index is 1310. The summed E-state index contributed by atoms with van der Waals surface area (Å²) in [7, 11) is 1.21. The molecule has 0 aliphatic carbocycles. The number of rotatable bonds is 11. The van der Waals surface area contributed by atoms with E-state index in [0.717, 1.165) is 11.1 Å². The van der Waals surface area contributed by atoms with Crippen LogP contribution in [0.5, 0.6) is 0 Å². The van der Waals surface area contributed by atoms with Crippen molar-refractivity contribution in [3.05, 3.63) is 71.8 Å². The van der Waals surface area contributed by atoms with E-state index in [-0.39, 0.29) is 44.9 Å². The standard InChI is InChI=1S/C33H43N3O8/c1-31(2,3)44-30(41)35-32(4,5)28(39)34-25(21-43-20-24-15-11-8-12-16-24)27(38)36-18-17-26(37)33(22-36,29(40)42-6)19-23-13-9-7-10-14-23/h7-16,25H,17-22H2,1-6H3,(H,34,39)(H,35,41)/t25-,33?/m1/s1. The van der Waals surface area contributed by atoms with E-state index >= 15 is 0 Å². The Morgan fingerprint density at radius 3 is 2.09 bits per heavy atom. The number of esters is 1. The highest BCUT2D eigenvalue weighted by Crippen LogP contribution is 2.33. The van der Waals surface area contributed by atoms with Gasteiger partial charge in [-0.3, -0.25) is 19.2 Å². The zero-order valence-corrected chi connectivity index (χ0v) is 26.3. The molecule has 3 amide bonds. The topological polar surface area (TPSA) is 140 Å². The lowest BCUT2D eigenvalue weighted by atomic mass is 9.73. The number of hydrogen-bond acceptors (Lipinski definition) is 8. The minimum Gasteiger partial charge on any atom is -0.468 e. The van der Waals surface area contributed by atoms with E-state index in [1.54, 1.807) is 45.0 Å². The molecule has 11 nitrogen and oxygen atoms in total. The molecular formula is C33H43N3O8. The molecule has 0 spiro atoms. The summed E-state index contributed by atoms with van der Waals surface area (Å²) in [5.41, 5.74) is -2.24. The van der Waals surface area contributed by atoms with Gasteiger partial charge in [-0.2, -0.15) is 0 Å². The van der Waals surface area contributed by atoms with Gasteiger partial charge in [-0.25, -0.2) is 4.79 Å². The van der Waals surface area contributed by atoms with Crippen molar-refractivity contribution in [3.63, 3.8) is 0 Å². The fourth-order valence-electron chi connectivity index (χ4n) is 4.92. The van der Waals surface area contributed by atoms with Gasteiger partial charge in [0, 0.05) is 19.5 Å². The molecule has 1 fully saturated rings. The fraction of sp³-hybridized carbons (Fsp3) is 0.485. The van der Waals surface area contributed by atoms with Gasteiger partial charge < -0.3 is 29.7 Å². The number of piperidine rings is 1. The van der Waals surface area contributed by atoms with Gasteiger partial charge in [-0.15, -0.1) is 0 Å². The first-order valence-corrected chi connectivity index (χ1v) is 14.5. The van der Waals surface area contributed by atoms with Crippen molar-refractivity contribution in [2.24, 2.45) is 5.41 Å². The van der Waals surface area contributed by atoms with Crippen molar-refractivity contribution in [1.82, 2.24) is 15.5 Å². The number of nitrogens with one attached hydrogen (secondary N) is 2. The Labute approximate surface area is 258 Å². The normalized spacial score (nSPS) is 17.8. The van der Waals surface area contributed by atoms with E-state index in [1.807, 2.05) is 36.4 Å². The van der Waals surface area contributed by atoms with Gasteiger partial charge in [0.25, 0.3) is 0 Å². The summed E-state index contributed by atoms with van der Waals surface area (Å²) in [6.45, 7) is 7.89. The van der Waals surface area contributed by atoms with Gasteiger partial charge in [-0.1, -0.05) is 60.7 Å². The van der Waals surface area contributed by atoms with Crippen LogP contribution >= 0.6 is 0 Å². The number of benzene rings is 2. The van der Waals surface area contributed by atoms with E-state index < -0.39 is 46.5 Å². The van der Waals surface area contributed by atoms with Gasteiger partial charge >= 0.3 is 12.1 Å². The molecule has 11 heteroatoms. The minimum atomic E-state index is -1.61. The van der Waals surface area contributed by atoms with E-state index in [2.05, 4.69) is 10.6 Å². The van der Waals surface area contributed by atoms with Crippen molar-refractivity contribution in [2.75, 3.05) is 26.8 Å². The number of nitrogens with zero attached hydrogens (tertiary/aromatic N) is 1. The van der Waals surface area contributed by atoms with Crippen molar-refractivity contribution >= 4 is 29.7 Å². The van der Waals surface area contributed by atoms with Crippen LogP contribution in [0.1, 0.15) is 52.2 Å². The molecule has 3 rings (SSSR count). The Morgan fingerprint density at radius 1 is 0.932 bits per heavy atom. The molecule has 0 bridgehead atoms. The first-order valence-electron chi connectivity index (χ1n) is 14.5. The lowest BCUT2D eigenvalue weighted by molar-refractivity contribution is -0.164. The highest BCUT2D eigenvalue weighted by Gasteiger charge is 2.51. The SMILES string of the molecule is COC(=O)C1(Cc2ccccc2)CN(C(=O)[C@@H](COCc2ccccc2)NC(=O)C(C)(C)NC(=O)OC(C)(C)C)CCC1=O. The molecular weight excluding hydrogens is 566 g/mol. The second-order valence-corrected chi connectivity index (χ2v) is 12.4. The van der Waals surface area contributed by atoms with Crippen LogP contribution in [0.3, 0.4) is 0 Å². The largest absolute Gasteiger partial charge is 0.468 e. The maximum absolute atomic E-state index is 14.0. The fourth-order valence-corrected chi connectivity index (χ4v) is 4.92. The lowest BCUT2D eigenvalue weighted by Gasteiger charge is -2.41. The lowest BCUT2D eigenvalue weighted by Crippen LogP contribution is -2.63. The number of Topliss-reactive ketones (excluding diaryl/α,β-unsaturated/α-hetero) is 1. The molecule has 238 valence electrons. The maximum Gasteiger partial charge on any atom is 0.408 e. The van der Waals surface area contributed by atoms with E-state index in [4.69, 9.17) is 14.2 Å². The van der Waals surface area contributed by atoms with Crippen molar-refractivity contribution in [2.45, 2.75) is 71.2 Å². The molecule has 2 aromatic rings. The summed E-state index contributed by atoms with van der Waals surface area (Å²) >= 11 is 0. The Kier molecular flexibility index (Phi) is 11.3. The number of ketones is 1. The van der Waals surface area contributed by atoms with Crippen LogP contribution < -0.4 is 10.6 Å². The van der Waals surface area contributed by atoms with Gasteiger partial charge in [0.15, 0.2) is 5.78 Å². The Hall–Kier alpha value is -4.25. The summed E-state index contributed by atoms with van der Waals surface area (Å²) in [4.78, 5) is 67.8. The summed E-state index contributed by atoms with van der Waals surface area (Å²) in [5.74, 6) is -2.23. The monoisotopic (exact) mass is 609 g/mol. The maximum atomic E-state index is 14.0. The summed E-state index contributed by atoms with van der Waals surface area (Å²) < 4.78 is 16.2. The molecule has 1 saturated heterocycles. The van der Waals surface area contributed by atoms with Gasteiger partial charge in [0.1, 0.15) is 22.6 Å². The zero-order valence-electron chi connectivity index (χ0n) is 26.3. The second kappa shape index (κ2) is 14.5. The molecule has 1 aliphatic rings. The Balaban J connectivity index is 1.85. The number of likely N-dealkylation sites (tertiary alicyclic amines) is 1. The predicted molar refractivity (Wildman–Crippen MR) is 162 cm³/mol. The Morgan fingerprint density at radius 2 is 1.52 bits per heavy atom. The third-order valence-electron chi connectivity index (χ3n) is 7.22. The highest BCUT2D eigenvalue weighted by atomic mass is 16.6. The van der Waals surface area contributed by atoms with E-state index in [0.29, 0.717) is 0 Å². The highest BCUT2D eigenvalue weighted by molar-refractivity contribution is 6.06. The minimum absolute atomic E-state index is 0.0514. The molecule has 1 heterocycles. The van der Waals surface area contributed by atoms with Crippen LogP contribution in [-0.2, 0) is 46.4 Å². The van der Waals surface area contributed by atoms with Crippen molar-refractivity contribution in [3.8, 4) is 0 Å². The van der Waals surface area contributed by atoms with Gasteiger partial charge in [-0.05, 0) is 52.2 Å². The van der Waals surface area contributed by atoms with Gasteiger partial charge in [0.05, 0.1) is 20.3 Å². The number of amides is 3. The molecule has 2 N–H and O–H groups in total. The van der Waals surface area contributed by atoms with Crippen LogP contribution in [0.15, 0.2) is 60.7 Å². The van der Waals surface area contributed by atoms with Crippen LogP contribution in [0.2, 0.25) is 0 Å². The summed E-state index contributed by atoms with van der Waals surface area (Å²) in [6.07, 6.45) is -0.804. The van der Waals surface area contributed by atoms with Crippen LogP contribution in [0.4, 0.5) is 4.79 Å². The first-order chi connectivity index (χ1) is 20.7. The number of carbonyl (C=O) groups excluding carboxylic acids is 5. The molecule has 0 radical (unpaired) electrons. The van der Waals surface area contributed by atoms with Crippen LogP contribution in [0, 0.1) is 5.41 Å². The third-order valence-corrected chi connectivity index (χ3v) is 7.22. The molecule has 1 aliphatic heterocycles. The molecule has 2 atom stereocenters. The quantitative estimate of drug-likeness (QED) is 0.293. The second-order valence-electron chi connectivity index (χ2n) is 12.4. The first kappa shape index (κ1) is 34.2. The molecule has 0 aromatic heterocycles. The van der Waals surface area contributed by atoms with Crippen molar-refractivity contribution in [1.29, 1.82) is 0 Å². The molecule has 0 saturated carbocycles. The average molecular weight is 610 g/mol. The smallest absolute Gasteiger partial charge is 0.408 e. The van der Waals surface area contributed by atoms with Gasteiger partial charge in [0.2, 0.25) is 11.8 Å². The number of carbonyl (C=O) groups is 5. The van der Waals surface area contributed by atoms with Crippen LogP contribution in [-0.4, -0.2) is 78.5 Å². The number of alkyl carbamates (subject to hydrolysis) is 1. The van der Waals surface area contributed by atoms with Crippen LogP contribution in [0.25, 0.3) is 0 Å². The molecule has 1 unspecified atom stereocenters. The zero-order chi connectivity index (χ0) is 32.5. The number of ether oxygens (including phenoxy) is 3. The number of hydrogen-bond donors (Lipinski definition) is 2. The summed E-state index contributed by atoms with van der Waals surface area (Å²) in [5, 5.41) is 5.26. The van der Waals surface area contributed by atoms with Crippen molar-refractivity contribution < 1.29 is 38.2 Å². The average Bonchev–Trinajstić information content (AvgIpc) is 2.96. The molecule has 2 aromatic carbocycles.